The predicted molar refractivity (Wildman–Crippen MR) is 80.7 cm³/mol. The van der Waals surface area contributed by atoms with Gasteiger partial charge in [-0.25, -0.2) is 4.79 Å². The van der Waals surface area contributed by atoms with Crippen LogP contribution in [0, 0.1) is 0 Å². The first-order chi connectivity index (χ1) is 10.7. The first kappa shape index (κ1) is 14.1. The number of methoxy groups -OCH3 is 1. The van der Waals surface area contributed by atoms with Crippen molar-refractivity contribution in [3.05, 3.63) is 29.8 Å². The second-order valence-corrected chi connectivity index (χ2v) is 6.65. The maximum atomic E-state index is 12.7. The predicted octanol–water partition coefficient (Wildman–Crippen LogP) is 3.33. The molecule has 0 bridgehead atoms. The number of benzene rings is 1. The molecular formula is C18H22O4. The van der Waals surface area contributed by atoms with E-state index in [0.29, 0.717) is 0 Å². The van der Waals surface area contributed by atoms with Gasteiger partial charge in [-0.15, -0.1) is 0 Å². The van der Waals surface area contributed by atoms with Crippen LogP contribution in [-0.2, 0) is 19.9 Å². The molecule has 118 valence electrons. The largest absolute Gasteiger partial charge is 0.497 e. The van der Waals surface area contributed by atoms with Crippen molar-refractivity contribution in [1.82, 2.24) is 0 Å². The number of ether oxygens (including phenoxy) is 3. The van der Waals surface area contributed by atoms with Crippen LogP contribution >= 0.6 is 0 Å². The Morgan fingerprint density at radius 3 is 2.50 bits per heavy atom. The Kier molecular flexibility index (Phi) is 3.19. The highest BCUT2D eigenvalue weighted by molar-refractivity contribution is 5.86. The van der Waals surface area contributed by atoms with Crippen molar-refractivity contribution in [3.63, 3.8) is 0 Å². The number of carbonyl (C=O) groups is 1. The molecule has 2 atom stereocenters. The molecule has 1 aromatic carbocycles. The fourth-order valence-electron chi connectivity index (χ4n) is 3.87. The molecule has 0 N–H and O–H groups in total. The molecule has 1 saturated heterocycles. The SMILES string of the molecule is COc1ccc(C23CCCCC2(C(=O)OC2CCC2)O3)cc1. The Morgan fingerprint density at radius 1 is 1.14 bits per heavy atom. The third-order valence-electron chi connectivity index (χ3n) is 5.48. The summed E-state index contributed by atoms with van der Waals surface area (Å²) in [6.07, 6.45) is 7.04. The quantitative estimate of drug-likeness (QED) is 0.632. The van der Waals surface area contributed by atoms with Gasteiger partial charge in [0.05, 0.1) is 7.11 Å². The van der Waals surface area contributed by atoms with Crippen LogP contribution in [0.15, 0.2) is 24.3 Å². The minimum absolute atomic E-state index is 0.113. The molecule has 3 aliphatic rings. The molecule has 3 fully saturated rings. The molecule has 2 aliphatic carbocycles. The molecule has 4 heteroatoms. The van der Waals surface area contributed by atoms with E-state index < -0.39 is 11.2 Å². The Bertz CT molecular complexity index is 577. The summed E-state index contributed by atoms with van der Waals surface area (Å²) in [7, 11) is 1.65. The summed E-state index contributed by atoms with van der Waals surface area (Å²) in [6, 6.07) is 7.90. The van der Waals surface area contributed by atoms with Crippen molar-refractivity contribution >= 4 is 5.97 Å². The number of fused-ring (bicyclic) bond motifs is 1. The molecule has 0 amide bonds. The number of rotatable bonds is 4. The Balaban J connectivity index is 1.60. The van der Waals surface area contributed by atoms with Gasteiger partial charge >= 0.3 is 5.97 Å². The second kappa shape index (κ2) is 4.98. The summed E-state index contributed by atoms with van der Waals surface area (Å²) < 4.78 is 17.0. The maximum absolute atomic E-state index is 12.7. The highest BCUT2D eigenvalue weighted by Crippen LogP contribution is 2.64. The van der Waals surface area contributed by atoms with E-state index in [1.807, 2.05) is 24.3 Å². The Hall–Kier alpha value is -1.55. The van der Waals surface area contributed by atoms with Crippen molar-refractivity contribution < 1.29 is 19.0 Å². The van der Waals surface area contributed by atoms with Crippen LogP contribution < -0.4 is 4.74 Å². The molecule has 4 rings (SSSR count). The van der Waals surface area contributed by atoms with E-state index in [0.717, 1.165) is 56.3 Å². The maximum Gasteiger partial charge on any atom is 0.342 e. The van der Waals surface area contributed by atoms with Crippen LogP contribution in [0.3, 0.4) is 0 Å². The highest BCUT2D eigenvalue weighted by Gasteiger charge is 2.76. The summed E-state index contributed by atoms with van der Waals surface area (Å²) in [6.45, 7) is 0. The zero-order valence-electron chi connectivity index (χ0n) is 13.0. The van der Waals surface area contributed by atoms with Crippen LogP contribution in [0.4, 0.5) is 0 Å². The van der Waals surface area contributed by atoms with E-state index in [1.165, 1.54) is 0 Å². The van der Waals surface area contributed by atoms with Crippen LogP contribution in [-0.4, -0.2) is 24.8 Å². The van der Waals surface area contributed by atoms with Crippen LogP contribution in [0.1, 0.15) is 50.5 Å². The minimum atomic E-state index is -0.741. The first-order valence-corrected chi connectivity index (χ1v) is 8.26. The Morgan fingerprint density at radius 2 is 1.86 bits per heavy atom. The van der Waals surface area contributed by atoms with E-state index in [4.69, 9.17) is 14.2 Å². The van der Waals surface area contributed by atoms with E-state index in [-0.39, 0.29) is 12.1 Å². The van der Waals surface area contributed by atoms with E-state index in [2.05, 4.69) is 0 Å². The normalized spacial score (nSPS) is 33.5. The van der Waals surface area contributed by atoms with Gasteiger partial charge in [-0.05, 0) is 62.6 Å². The van der Waals surface area contributed by atoms with Crippen molar-refractivity contribution in [3.8, 4) is 5.75 Å². The zero-order chi connectivity index (χ0) is 15.2. The highest BCUT2D eigenvalue weighted by atomic mass is 16.7. The number of epoxide rings is 1. The molecule has 0 aromatic heterocycles. The Labute approximate surface area is 130 Å². The number of hydrogen-bond donors (Lipinski definition) is 0. The monoisotopic (exact) mass is 302 g/mol. The average Bonchev–Trinajstić information content (AvgIpc) is 3.23. The van der Waals surface area contributed by atoms with Crippen molar-refractivity contribution in [2.45, 2.75) is 62.3 Å². The van der Waals surface area contributed by atoms with E-state index >= 15 is 0 Å². The molecule has 4 nitrogen and oxygen atoms in total. The van der Waals surface area contributed by atoms with E-state index in [9.17, 15) is 4.79 Å². The smallest absolute Gasteiger partial charge is 0.342 e. The number of esters is 1. The summed E-state index contributed by atoms with van der Waals surface area (Å²) >= 11 is 0. The van der Waals surface area contributed by atoms with Gasteiger partial charge in [0.25, 0.3) is 0 Å². The van der Waals surface area contributed by atoms with E-state index in [1.54, 1.807) is 7.11 Å². The fourth-order valence-corrected chi connectivity index (χ4v) is 3.87. The lowest BCUT2D eigenvalue weighted by Crippen LogP contribution is -2.40. The van der Waals surface area contributed by atoms with Gasteiger partial charge in [0.15, 0.2) is 5.60 Å². The second-order valence-electron chi connectivity index (χ2n) is 6.65. The molecule has 22 heavy (non-hydrogen) atoms. The van der Waals surface area contributed by atoms with Crippen molar-refractivity contribution in [2.75, 3.05) is 7.11 Å². The summed E-state index contributed by atoms with van der Waals surface area (Å²) in [5.74, 6) is 0.673. The molecule has 0 radical (unpaired) electrons. The van der Waals surface area contributed by atoms with Crippen molar-refractivity contribution in [2.24, 2.45) is 0 Å². The molecule has 1 aromatic rings. The number of carbonyl (C=O) groups excluding carboxylic acids is 1. The lowest BCUT2D eigenvalue weighted by atomic mass is 9.75. The molecular weight excluding hydrogens is 280 g/mol. The van der Waals surface area contributed by atoms with Crippen molar-refractivity contribution in [1.29, 1.82) is 0 Å². The third kappa shape index (κ3) is 1.89. The van der Waals surface area contributed by atoms with Gasteiger partial charge in [0.2, 0.25) is 0 Å². The standard InChI is InChI=1S/C18H22O4/c1-20-14-9-7-13(8-10-14)17-11-2-3-12-18(17,22-17)16(19)21-15-5-4-6-15/h7-10,15H,2-6,11-12H2,1H3. The van der Waals surface area contributed by atoms with Gasteiger partial charge in [-0.1, -0.05) is 12.1 Å². The topological polar surface area (TPSA) is 48.1 Å². The number of hydrogen-bond acceptors (Lipinski definition) is 4. The first-order valence-electron chi connectivity index (χ1n) is 8.26. The summed E-state index contributed by atoms with van der Waals surface area (Å²) in [5, 5.41) is 0. The molecule has 2 saturated carbocycles. The van der Waals surface area contributed by atoms with Gasteiger partial charge in [0.1, 0.15) is 17.5 Å². The minimum Gasteiger partial charge on any atom is -0.497 e. The molecule has 1 aliphatic heterocycles. The molecule has 2 unspecified atom stereocenters. The lowest BCUT2D eigenvalue weighted by molar-refractivity contribution is -0.160. The fraction of sp³-hybridized carbons (Fsp3) is 0.611. The zero-order valence-corrected chi connectivity index (χ0v) is 13.0. The van der Waals surface area contributed by atoms with Gasteiger partial charge in [-0.2, -0.15) is 0 Å². The van der Waals surface area contributed by atoms with Crippen LogP contribution in [0.2, 0.25) is 0 Å². The summed E-state index contributed by atoms with van der Waals surface area (Å²) in [4.78, 5) is 12.7. The third-order valence-corrected chi connectivity index (χ3v) is 5.48. The summed E-state index contributed by atoms with van der Waals surface area (Å²) in [5.41, 5.74) is -0.146. The van der Waals surface area contributed by atoms with Gasteiger partial charge < -0.3 is 14.2 Å². The molecule has 1 heterocycles. The van der Waals surface area contributed by atoms with Gasteiger partial charge in [-0.3, -0.25) is 0 Å². The average molecular weight is 302 g/mol. The van der Waals surface area contributed by atoms with Crippen LogP contribution in [0.5, 0.6) is 5.75 Å². The lowest BCUT2D eigenvalue weighted by Gasteiger charge is -2.29. The van der Waals surface area contributed by atoms with Gasteiger partial charge in [0, 0.05) is 0 Å². The van der Waals surface area contributed by atoms with Crippen LogP contribution in [0.25, 0.3) is 0 Å². The molecule has 0 spiro atoms.